The summed E-state index contributed by atoms with van der Waals surface area (Å²) in [5.74, 6) is 5.81. The Morgan fingerprint density at radius 3 is 2.57 bits per heavy atom. The molecule has 0 radical (unpaired) electrons. The van der Waals surface area contributed by atoms with E-state index in [0.717, 1.165) is 15.8 Å². The summed E-state index contributed by atoms with van der Waals surface area (Å²) < 4.78 is 0. The number of fused-ring (bicyclic) bond motifs is 1. The number of nitrogens with one attached hydrogen (secondary N) is 1. The van der Waals surface area contributed by atoms with Crippen LogP contribution in [0.15, 0.2) is 17.4 Å². The minimum atomic E-state index is 0.507. The number of aromatic nitrogens is 4. The maximum Gasteiger partial charge on any atom is 0.172 e. The van der Waals surface area contributed by atoms with Crippen LogP contribution in [0, 0.1) is 0 Å². The van der Waals surface area contributed by atoms with E-state index in [1.807, 2.05) is 6.26 Å². The van der Waals surface area contributed by atoms with Crippen molar-refractivity contribution in [3.05, 3.63) is 12.4 Å². The first kappa shape index (κ1) is 9.10. The summed E-state index contributed by atoms with van der Waals surface area (Å²) in [5.41, 5.74) is 2.47. The first-order valence-electron chi connectivity index (χ1n) is 3.84. The molecule has 14 heavy (non-hydrogen) atoms. The number of nitrogen functional groups attached to an aromatic ring is 1. The normalized spacial score (nSPS) is 10.4. The lowest BCUT2D eigenvalue weighted by Gasteiger charge is -2.04. The van der Waals surface area contributed by atoms with Crippen molar-refractivity contribution in [3.8, 4) is 0 Å². The number of anilines is 1. The fraction of sp³-hybridized carbons (Fsp3) is 0.143. The molecule has 2 rings (SSSR count). The van der Waals surface area contributed by atoms with Crippen LogP contribution in [0.25, 0.3) is 10.8 Å². The summed E-state index contributed by atoms with van der Waals surface area (Å²) in [6.07, 6.45) is 5.19. The van der Waals surface area contributed by atoms with Gasteiger partial charge in [-0.25, -0.2) is 5.84 Å². The molecule has 0 saturated heterocycles. The average molecular weight is 208 g/mol. The standard InChI is InChI=1S/C7H8N6S/c1-14-7-5-3-10-9-2-4(5)6(11-8)12-13-7/h2-3H,8H2,1H3,(H,11,12). The lowest BCUT2D eigenvalue weighted by molar-refractivity contribution is 0.942. The van der Waals surface area contributed by atoms with E-state index in [0.29, 0.717) is 5.82 Å². The third-order valence-electron chi connectivity index (χ3n) is 1.79. The fourth-order valence-electron chi connectivity index (χ4n) is 1.14. The van der Waals surface area contributed by atoms with E-state index in [2.05, 4.69) is 25.8 Å². The number of hydrogen-bond donors (Lipinski definition) is 2. The Kier molecular flexibility index (Phi) is 2.42. The Labute approximate surface area is 84.3 Å². The molecular weight excluding hydrogens is 200 g/mol. The predicted molar refractivity (Wildman–Crippen MR) is 54.7 cm³/mol. The van der Waals surface area contributed by atoms with Crippen molar-refractivity contribution < 1.29 is 0 Å². The second-order valence-electron chi connectivity index (χ2n) is 2.52. The van der Waals surface area contributed by atoms with Gasteiger partial charge in [-0.3, -0.25) is 0 Å². The predicted octanol–water partition coefficient (Wildman–Crippen LogP) is 0.427. The molecule has 0 aliphatic carbocycles. The quantitative estimate of drug-likeness (QED) is 0.420. The maximum atomic E-state index is 5.30. The number of nitrogens with zero attached hydrogens (tertiary/aromatic N) is 4. The molecule has 0 atom stereocenters. The summed E-state index contributed by atoms with van der Waals surface area (Å²) in [6.45, 7) is 0. The SMILES string of the molecule is CSc1nnc(NN)c2cnncc12. The number of hydrogen-bond acceptors (Lipinski definition) is 7. The van der Waals surface area contributed by atoms with Gasteiger partial charge in [-0.2, -0.15) is 10.2 Å². The van der Waals surface area contributed by atoms with E-state index in [9.17, 15) is 0 Å². The van der Waals surface area contributed by atoms with Gasteiger partial charge < -0.3 is 5.43 Å². The van der Waals surface area contributed by atoms with Crippen LogP contribution < -0.4 is 11.3 Å². The van der Waals surface area contributed by atoms with Crippen molar-refractivity contribution in [1.82, 2.24) is 20.4 Å². The highest BCUT2D eigenvalue weighted by molar-refractivity contribution is 7.98. The summed E-state index contributed by atoms with van der Waals surface area (Å²) in [4.78, 5) is 0. The molecule has 0 aliphatic heterocycles. The Morgan fingerprint density at radius 1 is 1.21 bits per heavy atom. The minimum Gasteiger partial charge on any atom is -0.306 e. The third-order valence-corrected chi connectivity index (χ3v) is 2.48. The van der Waals surface area contributed by atoms with E-state index >= 15 is 0 Å². The van der Waals surface area contributed by atoms with Gasteiger partial charge in [0.25, 0.3) is 0 Å². The highest BCUT2D eigenvalue weighted by Gasteiger charge is 2.07. The molecule has 72 valence electrons. The van der Waals surface area contributed by atoms with E-state index in [1.165, 1.54) is 11.8 Å². The average Bonchev–Trinajstić information content (AvgIpc) is 2.27. The van der Waals surface area contributed by atoms with Gasteiger partial charge in [-0.1, -0.05) is 0 Å². The molecule has 0 aliphatic rings. The van der Waals surface area contributed by atoms with Crippen LogP contribution in [0.4, 0.5) is 5.82 Å². The maximum absolute atomic E-state index is 5.30. The highest BCUT2D eigenvalue weighted by atomic mass is 32.2. The zero-order chi connectivity index (χ0) is 9.97. The van der Waals surface area contributed by atoms with Crippen LogP contribution >= 0.6 is 11.8 Å². The Hall–Kier alpha value is -1.47. The van der Waals surface area contributed by atoms with E-state index in [1.54, 1.807) is 12.4 Å². The van der Waals surface area contributed by atoms with E-state index < -0.39 is 0 Å². The number of nitrogens with two attached hydrogens (primary N) is 1. The fourth-order valence-corrected chi connectivity index (χ4v) is 1.65. The van der Waals surface area contributed by atoms with Crippen molar-refractivity contribution >= 4 is 28.4 Å². The third kappa shape index (κ3) is 1.36. The van der Waals surface area contributed by atoms with Gasteiger partial charge in [0.05, 0.1) is 17.8 Å². The monoisotopic (exact) mass is 208 g/mol. The van der Waals surface area contributed by atoms with Gasteiger partial charge in [0, 0.05) is 5.39 Å². The second kappa shape index (κ2) is 3.72. The Balaban J connectivity index is 2.78. The molecular formula is C7H8N6S. The first-order valence-corrected chi connectivity index (χ1v) is 5.07. The molecule has 2 aromatic heterocycles. The smallest absolute Gasteiger partial charge is 0.172 e. The number of rotatable bonds is 2. The Morgan fingerprint density at radius 2 is 1.93 bits per heavy atom. The van der Waals surface area contributed by atoms with Gasteiger partial charge in [-0.05, 0) is 6.26 Å². The van der Waals surface area contributed by atoms with Crippen LogP contribution in [0.3, 0.4) is 0 Å². The summed E-state index contributed by atoms with van der Waals surface area (Å²) in [7, 11) is 0. The molecule has 2 aromatic rings. The van der Waals surface area contributed by atoms with Gasteiger partial charge in [0.15, 0.2) is 5.82 Å². The van der Waals surface area contributed by atoms with Crippen molar-refractivity contribution in [2.24, 2.45) is 5.84 Å². The molecule has 2 heterocycles. The molecule has 0 spiro atoms. The van der Waals surface area contributed by atoms with Crippen LogP contribution in [-0.2, 0) is 0 Å². The van der Waals surface area contributed by atoms with Gasteiger partial charge in [0.1, 0.15) is 5.03 Å². The van der Waals surface area contributed by atoms with Gasteiger partial charge in [0.2, 0.25) is 0 Å². The summed E-state index contributed by atoms with van der Waals surface area (Å²) in [6, 6.07) is 0. The zero-order valence-corrected chi connectivity index (χ0v) is 8.25. The van der Waals surface area contributed by atoms with Gasteiger partial charge >= 0.3 is 0 Å². The largest absolute Gasteiger partial charge is 0.306 e. The van der Waals surface area contributed by atoms with E-state index in [4.69, 9.17) is 5.84 Å². The molecule has 7 heteroatoms. The molecule has 0 fully saturated rings. The van der Waals surface area contributed by atoms with Crippen LogP contribution in [0.5, 0.6) is 0 Å². The van der Waals surface area contributed by atoms with Crippen molar-refractivity contribution in [3.63, 3.8) is 0 Å². The Bertz CT molecular complexity index is 416. The summed E-state index contributed by atoms with van der Waals surface area (Å²) in [5, 5.41) is 18.0. The van der Waals surface area contributed by atoms with Crippen LogP contribution in [0.1, 0.15) is 0 Å². The summed E-state index contributed by atoms with van der Waals surface area (Å²) >= 11 is 1.51. The highest BCUT2D eigenvalue weighted by Crippen LogP contribution is 2.25. The van der Waals surface area contributed by atoms with Crippen molar-refractivity contribution in [2.75, 3.05) is 11.7 Å². The molecule has 3 N–H and O–H groups in total. The van der Waals surface area contributed by atoms with Crippen LogP contribution in [-0.4, -0.2) is 26.7 Å². The van der Waals surface area contributed by atoms with E-state index in [-0.39, 0.29) is 0 Å². The molecule has 6 nitrogen and oxygen atoms in total. The molecule has 0 bridgehead atoms. The minimum absolute atomic E-state index is 0.507. The number of thioether (sulfide) groups is 1. The molecule has 0 amide bonds. The first-order chi connectivity index (χ1) is 6.86. The lowest BCUT2D eigenvalue weighted by Crippen LogP contribution is -2.10. The van der Waals surface area contributed by atoms with Crippen molar-refractivity contribution in [1.29, 1.82) is 0 Å². The van der Waals surface area contributed by atoms with Gasteiger partial charge in [-0.15, -0.1) is 22.0 Å². The van der Waals surface area contributed by atoms with Crippen LogP contribution in [0.2, 0.25) is 0 Å². The number of hydrazine groups is 1. The topological polar surface area (TPSA) is 89.6 Å². The van der Waals surface area contributed by atoms with Crippen molar-refractivity contribution in [2.45, 2.75) is 5.03 Å². The molecule has 0 saturated carbocycles. The second-order valence-corrected chi connectivity index (χ2v) is 3.31. The zero-order valence-electron chi connectivity index (χ0n) is 7.43. The molecule has 0 unspecified atom stereocenters. The lowest BCUT2D eigenvalue weighted by atomic mass is 10.3. The molecule has 0 aromatic carbocycles.